The number of rotatable bonds is 5. The summed E-state index contributed by atoms with van der Waals surface area (Å²) in [4.78, 5) is 26.9. The van der Waals surface area contributed by atoms with Gasteiger partial charge in [-0.2, -0.15) is 0 Å². The van der Waals surface area contributed by atoms with Crippen LogP contribution in [0.3, 0.4) is 0 Å². The lowest BCUT2D eigenvalue weighted by Gasteiger charge is -2.30. The first-order valence-electron chi connectivity index (χ1n) is 11.1. The third-order valence-corrected chi connectivity index (χ3v) is 5.68. The highest BCUT2D eigenvalue weighted by Crippen LogP contribution is 2.31. The number of carbonyl (C=O) groups is 2. The van der Waals surface area contributed by atoms with Crippen LogP contribution in [0.5, 0.6) is 5.75 Å². The van der Waals surface area contributed by atoms with Crippen molar-refractivity contribution in [2.24, 2.45) is 0 Å². The lowest BCUT2D eigenvalue weighted by atomic mass is 10.0. The molecule has 1 saturated heterocycles. The SMILES string of the molecule is CN1C(=O)[C@@H](NC(=O)N/C=C(\C=N)Cc2ccc(F)cc2)COc2ccc(C#CC3(O)COC3)cc21. The predicted octanol–water partition coefficient (Wildman–Crippen LogP) is 1.74. The van der Waals surface area contributed by atoms with Crippen LogP contribution in [-0.2, 0) is 16.0 Å². The average molecular weight is 493 g/mol. The molecule has 0 bridgehead atoms. The van der Waals surface area contributed by atoms with Gasteiger partial charge in [-0.25, -0.2) is 9.18 Å². The number of hydrogen-bond acceptors (Lipinski definition) is 6. The summed E-state index contributed by atoms with van der Waals surface area (Å²) < 4.78 is 23.8. The number of amides is 3. The van der Waals surface area contributed by atoms with Crippen LogP contribution < -0.4 is 20.3 Å². The van der Waals surface area contributed by atoms with Gasteiger partial charge in [0.2, 0.25) is 0 Å². The molecule has 2 aliphatic rings. The van der Waals surface area contributed by atoms with E-state index in [9.17, 15) is 19.1 Å². The summed E-state index contributed by atoms with van der Waals surface area (Å²) in [7, 11) is 1.57. The largest absolute Gasteiger partial charge is 0.489 e. The Balaban J connectivity index is 1.39. The fourth-order valence-corrected chi connectivity index (χ4v) is 3.58. The normalized spacial score (nSPS) is 18.4. The summed E-state index contributed by atoms with van der Waals surface area (Å²) >= 11 is 0. The van der Waals surface area contributed by atoms with Gasteiger partial charge in [0.25, 0.3) is 5.91 Å². The molecule has 2 aliphatic heterocycles. The first-order valence-corrected chi connectivity index (χ1v) is 11.1. The minimum Gasteiger partial charge on any atom is -0.489 e. The van der Waals surface area contributed by atoms with E-state index < -0.39 is 17.7 Å². The number of nitrogens with zero attached hydrogens (tertiary/aromatic N) is 1. The van der Waals surface area contributed by atoms with Crippen molar-refractivity contribution < 1.29 is 28.6 Å². The fourth-order valence-electron chi connectivity index (χ4n) is 3.58. The third kappa shape index (κ3) is 5.89. The number of likely N-dealkylation sites (N-methyl/N-ethyl adjacent to an activating group) is 1. The molecule has 2 heterocycles. The van der Waals surface area contributed by atoms with Gasteiger partial charge in [-0.05, 0) is 41.5 Å². The van der Waals surface area contributed by atoms with Crippen molar-refractivity contribution in [3.8, 4) is 17.6 Å². The maximum Gasteiger partial charge on any atom is 0.319 e. The van der Waals surface area contributed by atoms with Gasteiger partial charge in [0.15, 0.2) is 5.60 Å². The highest BCUT2D eigenvalue weighted by molar-refractivity contribution is 6.00. The number of aliphatic hydroxyl groups is 1. The van der Waals surface area contributed by atoms with E-state index in [-0.39, 0.29) is 31.5 Å². The van der Waals surface area contributed by atoms with Crippen molar-refractivity contribution in [2.45, 2.75) is 18.1 Å². The van der Waals surface area contributed by atoms with Crippen molar-refractivity contribution in [3.05, 3.63) is 71.2 Å². The average Bonchev–Trinajstić information content (AvgIpc) is 2.97. The molecule has 186 valence electrons. The number of urea groups is 1. The molecule has 9 nitrogen and oxygen atoms in total. The van der Waals surface area contributed by atoms with Crippen molar-refractivity contribution >= 4 is 23.8 Å². The van der Waals surface area contributed by atoms with Crippen molar-refractivity contribution in [1.29, 1.82) is 5.41 Å². The van der Waals surface area contributed by atoms with Crippen LogP contribution in [0, 0.1) is 23.1 Å². The molecular formula is C26H25FN4O5. The molecule has 4 rings (SSSR count). The molecule has 3 amide bonds. The van der Waals surface area contributed by atoms with Crippen LogP contribution in [0.15, 0.2) is 54.2 Å². The molecule has 2 aromatic carbocycles. The second kappa shape index (κ2) is 10.6. The van der Waals surface area contributed by atoms with E-state index in [4.69, 9.17) is 14.9 Å². The van der Waals surface area contributed by atoms with Gasteiger partial charge in [-0.3, -0.25) is 4.79 Å². The lowest BCUT2D eigenvalue weighted by molar-refractivity contribution is -0.140. The Labute approximate surface area is 207 Å². The molecule has 0 aromatic heterocycles. The Morgan fingerprint density at radius 2 is 2.06 bits per heavy atom. The number of nitrogens with one attached hydrogen (secondary N) is 3. The van der Waals surface area contributed by atoms with Gasteiger partial charge in [-0.1, -0.05) is 24.0 Å². The van der Waals surface area contributed by atoms with E-state index in [0.29, 0.717) is 29.0 Å². The van der Waals surface area contributed by atoms with Gasteiger partial charge in [0.05, 0.1) is 18.9 Å². The molecule has 4 N–H and O–H groups in total. The smallest absolute Gasteiger partial charge is 0.319 e. The maximum atomic E-state index is 13.1. The van der Waals surface area contributed by atoms with Crippen LogP contribution in [0.1, 0.15) is 11.1 Å². The molecule has 0 radical (unpaired) electrons. The Morgan fingerprint density at radius 3 is 2.72 bits per heavy atom. The summed E-state index contributed by atoms with van der Waals surface area (Å²) in [5.74, 6) is 5.38. The van der Waals surface area contributed by atoms with Gasteiger partial charge in [0, 0.05) is 31.4 Å². The van der Waals surface area contributed by atoms with E-state index in [0.717, 1.165) is 11.8 Å². The highest BCUT2D eigenvalue weighted by atomic mass is 19.1. The standard InChI is InChI=1S/C26H25FN4O5/c1-31-22-11-18(8-9-26(34)15-35-16-26)4-7-23(22)36-14-21(24(31)32)30-25(33)29-13-19(12-28)10-17-2-5-20(27)6-3-17/h2-7,11-13,21,28,34H,10,14-16H2,1H3,(H2,29,30,33)/b19-13-,28-12?/t21-/m0/s1. The highest BCUT2D eigenvalue weighted by Gasteiger charge is 2.34. The summed E-state index contributed by atoms with van der Waals surface area (Å²) in [5, 5.41) is 22.8. The zero-order valence-corrected chi connectivity index (χ0v) is 19.5. The molecule has 2 aromatic rings. The number of allylic oxidation sites excluding steroid dienone is 1. The second-order valence-electron chi connectivity index (χ2n) is 8.50. The Hall–Kier alpha value is -4.20. The molecule has 10 heteroatoms. The molecular weight excluding hydrogens is 467 g/mol. The monoisotopic (exact) mass is 492 g/mol. The number of carbonyl (C=O) groups excluding carboxylic acids is 2. The van der Waals surface area contributed by atoms with Gasteiger partial charge >= 0.3 is 6.03 Å². The summed E-state index contributed by atoms with van der Waals surface area (Å²) in [6.07, 6.45) is 2.77. The van der Waals surface area contributed by atoms with E-state index in [1.54, 1.807) is 37.4 Å². The number of anilines is 1. The maximum absolute atomic E-state index is 13.1. The van der Waals surface area contributed by atoms with Crippen LogP contribution >= 0.6 is 0 Å². The molecule has 1 atom stereocenters. The van der Waals surface area contributed by atoms with Crippen LogP contribution in [0.25, 0.3) is 0 Å². The quantitative estimate of drug-likeness (QED) is 0.374. The number of benzene rings is 2. The summed E-state index contributed by atoms with van der Waals surface area (Å²) in [6.45, 7) is 0.234. The van der Waals surface area contributed by atoms with Crippen LogP contribution in [-0.4, -0.2) is 61.8 Å². The lowest BCUT2D eigenvalue weighted by Crippen LogP contribution is -2.51. The topological polar surface area (TPSA) is 124 Å². The number of hydrogen-bond donors (Lipinski definition) is 4. The molecule has 36 heavy (non-hydrogen) atoms. The molecule has 0 unspecified atom stereocenters. The van der Waals surface area contributed by atoms with Crippen molar-refractivity contribution in [2.75, 3.05) is 31.8 Å². The van der Waals surface area contributed by atoms with E-state index in [1.807, 2.05) is 0 Å². The Morgan fingerprint density at radius 1 is 1.31 bits per heavy atom. The number of fused-ring (bicyclic) bond motifs is 1. The van der Waals surface area contributed by atoms with E-state index >= 15 is 0 Å². The van der Waals surface area contributed by atoms with Crippen LogP contribution in [0.4, 0.5) is 14.9 Å². The van der Waals surface area contributed by atoms with Gasteiger partial charge in [-0.15, -0.1) is 0 Å². The molecule has 0 saturated carbocycles. The summed E-state index contributed by atoms with van der Waals surface area (Å²) in [6, 6.07) is 9.33. The fraction of sp³-hybridized carbons (Fsp3) is 0.269. The Bertz CT molecular complexity index is 1260. The Kier molecular flexibility index (Phi) is 7.33. The first-order chi connectivity index (χ1) is 17.3. The van der Waals surface area contributed by atoms with E-state index in [2.05, 4.69) is 22.5 Å². The molecule has 0 spiro atoms. The molecule has 0 aliphatic carbocycles. The van der Waals surface area contributed by atoms with Gasteiger partial charge < -0.3 is 35.5 Å². The second-order valence-corrected chi connectivity index (χ2v) is 8.50. The number of ether oxygens (including phenoxy) is 2. The minimum atomic E-state index is -1.15. The van der Waals surface area contributed by atoms with Crippen molar-refractivity contribution in [1.82, 2.24) is 10.6 Å². The van der Waals surface area contributed by atoms with Crippen molar-refractivity contribution in [3.63, 3.8) is 0 Å². The zero-order valence-electron chi connectivity index (χ0n) is 19.5. The minimum absolute atomic E-state index is 0.0809. The molecule has 1 fully saturated rings. The zero-order chi connectivity index (χ0) is 25.7. The number of halogens is 1. The summed E-state index contributed by atoms with van der Waals surface area (Å²) in [5.41, 5.74) is 1.18. The predicted molar refractivity (Wildman–Crippen MR) is 130 cm³/mol. The third-order valence-electron chi connectivity index (χ3n) is 5.68. The van der Waals surface area contributed by atoms with E-state index in [1.165, 1.54) is 23.2 Å². The van der Waals surface area contributed by atoms with Crippen LogP contribution in [0.2, 0.25) is 0 Å². The van der Waals surface area contributed by atoms with Gasteiger partial charge in [0.1, 0.15) is 24.2 Å². The first kappa shape index (κ1) is 24.9.